The quantitative estimate of drug-likeness (QED) is 0.852. The standard InChI is InChI=1S/C21H28N4O3/c1-4-28-21(27)25(20(26)24(2)3)12-18-15-11-17-13(8-6-10-22-17)14-7-5-9-16(23-18)19(14)15/h5,7,9,13,17,22-23H,4,6,8,10-12H2,1-3H3/t13?,17-/m1/s1. The molecule has 7 heteroatoms. The number of aromatic nitrogens is 1. The summed E-state index contributed by atoms with van der Waals surface area (Å²) in [6, 6.07) is 6.41. The molecule has 7 nitrogen and oxygen atoms in total. The van der Waals surface area contributed by atoms with E-state index >= 15 is 0 Å². The molecule has 1 aromatic heterocycles. The van der Waals surface area contributed by atoms with Gasteiger partial charge in [-0.15, -0.1) is 0 Å². The van der Waals surface area contributed by atoms with Gasteiger partial charge in [0.1, 0.15) is 0 Å². The van der Waals surface area contributed by atoms with Crippen molar-refractivity contribution in [3.05, 3.63) is 35.0 Å². The number of imide groups is 1. The molecule has 4 rings (SSSR count). The first-order chi connectivity index (χ1) is 13.5. The summed E-state index contributed by atoms with van der Waals surface area (Å²) in [5, 5.41) is 4.93. The first-order valence-electron chi connectivity index (χ1n) is 10.0. The van der Waals surface area contributed by atoms with Crippen LogP contribution in [0.25, 0.3) is 10.9 Å². The molecule has 1 aromatic carbocycles. The van der Waals surface area contributed by atoms with E-state index in [1.54, 1.807) is 21.0 Å². The number of fused-ring (bicyclic) bond motifs is 2. The zero-order valence-electron chi connectivity index (χ0n) is 16.7. The SMILES string of the molecule is CCOC(=O)N(Cc1[nH]c2cccc3c2c1C[C@H]1NCCCC31)C(=O)N(C)C. The van der Waals surface area contributed by atoms with E-state index < -0.39 is 6.09 Å². The lowest BCUT2D eigenvalue weighted by Crippen LogP contribution is -2.44. The van der Waals surface area contributed by atoms with Gasteiger partial charge in [-0.25, -0.2) is 14.5 Å². The van der Waals surface area contributed by atoms with Gasteiger partial charge >= 0.3 is 12.1 Å². The van der Waals surface area contributed by atoms with E-state index in [1.807, 2.05) is 0 Å². The monoisotopic (exact) mass is 384 g/mol. The normalized spacial score (nSPS) is 20.5. The van der Waals surface area contributed by atoms with Crippen LogP contribution in [0.3, 0.4) is 0 Å². The zero-order valence-corrected chi connectivity index (χ0v) is 16.7. The summed E-state index contributed by atoms with van der Waals surface area (Å²) in [5.41, 5.74) is 4.58. The number of benzene rings is 1. The third kappa shape index (κ3) is 3.13. The Hall–Kier alpha value is -2.54. The molecule has 1 unspecified atom stereocenters. The molecule has 2 aliphatic rings. The summed E-state index contributed by atoms with van der Waals surface area (Å²) in [4.78, 5) is 31.1. The second-order valence-corrected chi connectivity index (χ2v) is 7.83. The van der Waals surface area contributed by atoms with Crippen molar-refractivity contribution in [2.24, 2.45) is 0 Å². The molecular weight excluding hydrogens is 356 g/mol. The Kier molecular flexibility index (Phi) is 5.02. The summed E-state index contributed by atoms with van der Waals surface area (Å²) in [5.74, 6) is 0.526. The number of piperidine rings is 1. The molecule has 28 heavy (non-hydrogen) atoms. The van der Waals surface area contributed by atoms with E-state index in [1.165, 1.54) is 39.2 Å². The number of ether oxygens (including phenoxy) is 1. The lowest BCUT2D eigenvalue weighted by Gasteiger charge is -2.37. The number of urea groups is 1. The molecule has 0 spiro atoms. The van der Waals surface area contributed by atoms with Crippen molar-refractivity contribution in [1.29, 1.82) is 0 Å². The van der Waals surface area contributed by atoms with Gasteiger partial charge in [-0.1, -0.05) is 12.1 Å². The van der Waals surface area contributed by atoms with Gasteiger partial charge in [0.15, 0.2) is 0 Å². The summed E-state index contributed by atoms with van der Waals surface area (Å²) in [6.45, 7) is 3.19. The molecule has 1 aliphatic heterocycles. The Labute approximate surface area is 165 Å². The fourth-order valence-corrected chi connectivity index (χ4v) is 4.64. The Bertz CT molecular complexity index is 904. The Balaban J connectivity index is 1.74. The fraction of sp³-hybridized carbons (Fsp3) is 0.524. The van der Waals surface area contributed by atoms with Gasteiger partial charge in [-0.05, 0) is 49.9 Å². The average Bonchev–Trinajstić information content (AvgIpc) is 3.04. The van der Waals surface area contributed by atoms with Crippen LogP contribution in [-0.4, -0.2) is 60.2 Å². The number of rotatable bonds is 3. The van der Waals surface area contributed by atoms with Crippen molar-refractivity contribution in [2.45, 2.75) is 44.7 Å². The minimum Gasteiger partial charge on any atom is -0.449 e. The molecule has 2 N–H and O–H groups in total. The number of nitrogens with one attached hydrogen (secondary N) is 2. The van der Waals surface area contributed by atoms with Crippen molar-refractivity contribution < 1.29 is 14.3 Å². The van der Waals surface area contributed by atoms with Gasteiger partial charge in [0.25, 0.3) is 0 Å². The highest BCUT2D eigenvalue weighted by molar-refractivity contribution is 5.92. The molecule has 1 saturated heterocycles. The van der Waals surface area contributed by atoms with E-state index in [-0.39, 0.29) is 19.2 Å². The average molecular weight is 384 g/mol. The number of amides is 3. The van der Waals surface area contributed by atoms with Crippen molar-refractivity contribution >= 4 is 23.0 Å². The number of aromatic amines is 1. The van der Waals surface area contributed by atoms with Crippen LogP contribution in [0, 0.1) is 0 Å². The molecular formula is C21H28N4O3. The number of nitrogens with zero attached hydrogens (tertiary/aromatic N) is 2. The zero-order chi connectivity index (χ0) is 19.8. The van der Waals surface area contributed by atoms with Gasteiger partial charge in [-0.2, -0.15) is 0 Å². The number of H-pyrrole nitrogens is 1. The molecule has 1 fully saturated rings. The maximum Gasteiger partial charge on any atom is 0.418 e. The van der Waals surface area contributed by atoms with Crippen LogP contribution < -0.4 is 5.32 Å². The maximum atomic E-state index is 12.6. The lowest BCUT2D eigenvalue weighted by atomic mass is 9.75. The second-order valence-electron chi connectivity index (χ2n) is 7.83. The Morgan fingerprint density at radius 1 is 1.29 bits per heavy atom. The van der Waals surface area contributed by atoms with E-state index in [0.717, 1.165) is 24.2 Å². The van der Waals surface area contributed by atoms with Crippen molar-refractivity contribution in [2.75, 3.05) is 27.2 Å². The van der Waals surface area contributed by atoms with Gasteiger partial charge in [-0.3, -0.25) is 0 Å². The van der Waals surface area contributed by atoms with Crippen LogP contribution in [-0.2, 0) is 17.7 Å². The van der Waals surface area contributed by atoms with Gasteiger partial charge in [0.05, 0.1) is 13.2 Å². The van der Waals surface area contributed by atoms with E-state index in [0.29, 0.717) is 12.0 Å². The lowest BCUT2D eigenvalue weighted by molar-refractivity contribution is 0.104. The fourth-order valence-electron chi connectivity index (χ4n) is 4.64. The molecule has 0 radical (unpaired) electrons. The van der Waals surface area contributed by atoms with Crippen LogP contribution in [0.2, 0.25) is 0 Å². The summed E-state index contributed by atoms with van der Waals surface area (Å²) < 4.78 is 5.13. The highest BCUT2D eigenvalue weighted by atomic mass is 16.6. The number of carbonyl (C=O) groups is 2. The van der Waals surface area contributed by atoms with E-state index in [4.69, 9.17) is 4.74 Å². The Morgan fingerprint density at radius 2 is 2.11 bits per heavy atom. The van der Waals surface area contributed by atoms with Crippen LogP contribution in [0.1, 0.15) is 42.5 Å². The summed E-state index contributed by atoms with van der Waals surface area (Å²) in [7, 11) is 3.27. The molecule has 2 aromatic rings. The third-order valence-corrected chi connectivity index (χ3v) is 5.87. The predicted molar refractivity (Wildman–Crippen MR) is 107 cm³/mol. The van der Waals surface area contributed by atoms with Gasteiger partial charge < -0.3 is 19.9 Å². The van der Waals surface area contributed by atoms with Crippen molar-refractivity contribution in [3.63, 3.8) is 0 Å². The highest BCUT2D eigenvalue weighted by Crippen LogP contribution is 2.42. The smallest absolute Gasteiger partial charge is 0.418 e. The van der Waals surface area contributed by atoms with Crippen LogP contribution >= 0.6 is 0 Å². The molecule has 0 bridgehead atoms. The molecule has 1 aliphatic carbocycles. The predicted octanol–water partition coefficient (Wildman–Crippen LogP) is 3.20. The number of hydrogen-bond donors (Lipinski definition) is 2. The van der Waals surface area contributed by atoms with Crippen LogP contribution in [0.15, 0.2) is 18.2 Å². The van der Waals surface area contributed by atoms with Gasteiger partial charge in [0, 0.05) is 42.7 Å². The van der Waals surface area contributed by atoms with Crippen molar-refractivity contribution in [3.8, 4) is 0 Å². The molecule has 0 saturated carbocycles. The molecule has 150 valence electrons. The first-order valence-corrected chi connectivity index (χ1v) is 10.0. The molecule has 3 amide bonds. The Morgan fingerprint density at radius 3 is 2.86 bits per heavy atom. The largest absolute Gasteiger partial charge is 0.449 e. The van der Waals surface area contributed by atoms with Crippen LogP contribution in [0.5, 0.6) is 0 Å². The molecule has 2 heterocycles. The van der Waals surface area contributed by atoms with Crippen molar-refractivity contribution in [1.82, 2.24) is 20.1 Å². The topological polar surface area (TPSA) is 77.7 Å². The minimum atomic E-state index is -0.614. The summed E-state index contributed by atoms with van der Waals surface area (Å²) >= 11 is 0. The van der Waals surface area contributed by atoms with E-state index in [9.17, 15) is 9.59 Å². The summed E-state index contributed by atoms with van der Waals surface area (Å²) in [6.07, 6.45) is 2.68. The third-order valence-electron chi connectivity index (χ3n) is 5.87. The van der Waals surface area contributed by atoms with E-state index in [2.05, 4.69) is 28.5 Å². The second kappa shape index (κ2) is 7.47. The number of hydrogen-bond acceptors (Lipinski definition) is 4. The first kappa shape index (κ1) is 18.8. The maximum absolute atomic E-state index is 12.6. The van der Waals surface area contributed by atoms with Crippen LogP contribution in [0.4, 0.5) is 9.59 Å². The minimum absolute atomic E-state index is 0.177. The highest BCUT2D eigenvalue weighted by Gasteiger charge is 2.35. The molecule has 2 atom stereocenters. The van der Waals surface area contributed by atoms with Gasteiger partial charge in [0.2, 0.25) is 0 Å². The number of carbonyl (C=O) groups excluding carboxylic acids is 2.